The summed E-state index contributed by atoms with van der Waals surface area (Å²) in [6, 6.07) is 3.94. The van der Waals surface area contributed by atoms with Crippen LogP contribution >= 0.6 is 40.7 Å². The molecule has 1 unspecified atom stereocenters. The quantitative estimate of drug-likeness (QED) is 0.872. The van der Waals surface area contributed by atoms with E-state index in [9.17, 15) is 4.79 Å². The molecule has 4 nitrogen and oxygen atoms in total. The number of nitrogens with one attached hydrogen (secondary N) is 2. The molecule has 2 heterocycles. The standard InChI is InChI=1S/C11H14BrN3O.2ClH/c12-8-3-4-10(14-6-8)11(16)15-7-9-2-1-5-13-9;;/h3-4,6,9,13H,1-2,5,7H2,(H,15,16);2*1H. The van der Waals surface area contributed by atoms with Gasteiger partial charge in [-0.3, -0.25) is 4.79 Å². The predicted molar refractivity (Wildman–Crippen MR) is 79.8 cm³/mol. The van der Waals surface area contributed by atoms with Crippen molar-refractivity contribution in [3.8, 4) is 0 Å². The number of nitrogens with zero attached hydrogens (tertiary/aromatic N) is 1. The van der Waals surface area contributed by atoms with E-state index in [4.69, 9.17) is 0 Å². The molecule has 1 fully saturated rings. The number of hydrogen-bond donors (Lipinski definition) is 2. The van der Waals surface area contributed by atoms with Crippen LogP contribution in [-0.4, -0.2) is 30.0 Å². The molecule has 102 valence electrons. The smallest absolute Gasteiger partial charge is 0.269 e. The van der Waals surface area contributed by atoms with Crippen LogP contribution in [0, 0.1) is 0 Å². The fourth-order valence-corrected chi connectivity index (χ4v) is 1.98. The monoisotopic (exact) mass is 355 g/mol. The molecule has 18 heavy (non-hydrogen) atoms. The summed E-state index contributed by atoms with van der Waals surface area (Å²) in [6.45, 7) is 1.73. The van der Waals surface area contributed by atoms with Gasteiger partial charge in [-0.2, -0.15) is 0 Å². The Bertz CT molecular complexity index is 369. The molecule has 0 spiro atoms. The van der Waals surface area contributed by atoms with Gasteiger partial charge in [-0.25, -0.2) is 4.98 Å². The Morgan fingerprint density at radius 2 is 2.28 bits per heavy atom. The number of rotatable bonds is 3. The Morgan fingerprint density at radius 3 is 2.83 bits per heavy atom. The summed E-state index contributed by atoms with van der Waals surface area (Å²) in [7, 11) is 0. The zero-order valence-corrected chi connectivity index (χ0v) is 12.9. The number of hydrogen-bond acceptors (Lipinski definition) is 3. The summed E-state index contributed by atoms with van der Waals surface area (Å²) in [5.41, 5.74) is 0.459. The van der Waals surface area contributed by atoms with Crippen LogP contribution < -0.4 is 10.6 Å². The van der Waals surface area contributed by atoms with E-state index in [1.807, 2.05) is 6.07 Å². The van der Waals surface area contributed by atoms with Gasteiger partial charge >= 0.3 is 0 Å². The molecular formula is C11H16BrCl2N3O. The summed E-state index contributed by atoms with van der Waals surface area (Å²) in [4.78, 5) is 15.7. The third-order valence-corrected chi connectivity index (χ3v) is 3.10. The molecule has 1 aromatic rings. The van der Waals surface area contributed by atoms with Gasteiger partial charge in [-0.1, -0.05) is 0 Å². The molecule has 1 aromatic heterocycles. The van der Waals surface area contributed by atoms with Crippen LogP contribution in [0.25, 0.3) is 0 Å². The number of amides is 1. The van der Waals surface area contributed by atoms with Crippen LogP contribution in [0.2, 0.25) is 0 Å². The van der Waals surface area contributed by atoms with Crippen LogP contribution in [0.1, 0.15) is 23.3 Å². The summed E-state index contributed by atoms with van der Waals surface area (Å²) < 4.78 is 0.876. The maximum absolute atomic E-state index is 11.7. The highest BCUT2D eigenvalue weighted by Gasteiger charge is 2.15. The molecule has 1 amide bonds. The van der Waals surface area contributed by atoms with Crippen molar-refractivity contribution < 1.29 is 4.79 Å². The number of carbonyl (C=O) groups is 1. The average molecular weight is 357 g/mol. The Kier molecular flexibility index (Phi) is 8.52. The second-order valence-electron chi connectivity index (χ2n) is 3.86. The second-order valence-corrected chi connectivity index (χ2v) is 4.78. The number of carbonyl (C=O) groups excluding carboxylic acids is 1. The minimum atomic E-state index is -0.110. The van der Waals surface area contributed by atoms with Crippen LogP contribution in [0.4, 0.5) is 0 Å². The van der Waals surface area contributed by atoms with E-state index < -0.39 is 0 Å². The molecule has 2 N–H and O–H groups in total. The lowest BCUT2D eigenvalue weighted by Crippen LogP contribution is -2.37. The first kappa shape index (κ1) is 17.6. The van der Waals surface area contributed by atoms with Gasteiger partial charge in [0.05, 0.1) is 0 Å². The normalized spacial score (nSPS) is 17.5. The number of aromatic nitrogens is 1. The van der Waals surface area contributed by atoms with E-state index >= 15 is 0 Å². The highest BCUT2D eigenvalue weighted by Crippen LogP contribution is 2.07. The molecule has 0 saturated carbocycles. The van der Waals surface area contributed by atoms with E-state index in [0.29, 0.717) is 18.3 Å². The first-order valence-electron chi connectivity index (χ1n) is 5.39. The largest absolute Gasteiger partial charge is 0.349 e. The van der Waals surface area contributed by atoms with Gasteiger partial charge in [0.15, 0.2) is 0 Å². The van der Waals surface area contributed by atoms with Crippen molar-refractivity contribution in [1.82, 2.24) is 15.6 Å². The molecule has 7 heteroatoms. The van der Waals surface area contributed by atoms with E-state index in [1.165, 1.54) is 6.42 Å². The molecule has 1 aliphatic heterocycles. The zero-order valence-electron chi connectivity index (χ0n) is 9.69. The van der Waals surface area contributed by atoms with Crippen molar-refractivity contribution in [2.45, 2.75) is 18.9 Å². The van der Waals surface area contributed by atoms with Crippen molar-refractivity contribution in [1.29, 1.82) is 0 Å². The summed E-state index contributed by atoms with van der Waals surface area (Å²) in [5, 5.41) is 6.21. The van der Waals surface area contributed by atoms with E-state index in [2.05, 4.69) is 31.5 Å². The Balaban J connectivity index is 0.00000144. The van der Waals surface area contributed by atoms with Crippen molar-refractivity contribution in [2.24, 2.45) is 0 Å². The lowest BCUT2D eigenvalue weighted by Gasteiger charge is -2.10. The highest BCUT2D eigenvalue weighted by molar-refractivity contribution is 9.10. The van der Waals surface area contributed by atoms with Crippen molar-refractivity contribution in [3.63, 3.8) is 0 Å². The lowest BCUT2D eigenvalue weighted by molar-refractivity contribution is 0.0945. The van der Waals surface area contributed by atoms with Gasteiger partial charge in [0, 0.05) is 23.3 Å². The van der Waals surface area contributed by atoms with Crippen molar-refractivity contribution >= 4 is 46.7 Å². The Hall–Kier alpha value is -0.360. The molecule has 0 aromatic carbocycles. The SMILES string of the molecule is Cl.Cl.O=C(NCC1CCCN1)c1ccc(Br)cn1. The molecule has 0 bridgehead atoms. The number of halogens is 3. The van der Waals surface area contributed by atoms with Crippen molar-refractivity contribution in [3.05, 3.63) is 28.5 Å². The third kappa shape index (κ3) is 5.10. The van der Waals surface area contributed by atoms with Crippen LogP contribution in [0.5, 0.6) is 0 Å². The average Bonchev–Trinajstić information content (AvgIpc) is 2.80. The molecule has 1 saturated heterocycles. The molecular weight excluding hydrogens is 341 g/mol. The maximum Gasteiger partial charge on any atom is 0.269 e. The summed E-state index contributed by atoms with van der Waals surface area (Å²) >= 11 is 3.28. The van der Waals surface area contributed by atoms with Gasteiger partial charge in [-0.05, 0) is 47.4 Å². The minimum Gasteiger partial charge on any atom is -0.349 e. The number of pyridine rings is 1. The molecule has 0 aliphatic carbocycles. The molecule has 0 radical (unpaired) electrons. The van der Waals surface area contributed by atoms with Gasteiger partial charge in [0.25, 0.3) is 5.91 Å². The molecule has 1 atom stereocenters. The summed E-state index contributed by atoms with van der Waals surface area (Å²) in [6.07, 6.45) is 3.95. The molecule has 1 aliphatic rings. The van der Waals surface area contributed by atoms with Gasteiger partial charge in [-0.15, -0.1) is 24.8 Å². The lowest BCUT2D eigenvalue weighted by atomic mass is 10.2. The zero-order chi connectivity index (χ0) is 11.4. The van der Waals surface area contributed by atoms with E-state index in [-0.39, 0.29) is 30.7 Å². The van der Waals surface area contributed by atoms with Crippen LogP contribution in [-0.2, 0) is 0 Å². The van der Waals surface area contributed by atoms with Crippen LogP contribution in [0.15, 0.2) is 22.8 Å². The Morgan fingerprint density at radius 1 is 1.50 bits per heavy atom. The highest BCUT2D eigenvalue weighted by atomic mass is 79.9. The van der Waals surface area contributed by atoms with Gasteiger partial charge < -0.3 is 10.6 Å². The van der Waals surface area contributed by atoms with Crippen LogP contribution in [0.3, 0.4) is 0 Å². The topological polar surface area (TPSA) is 54.0 Å². The molecule has 2 rings (SSSR count). The van der Waals surface area contributed by atoms with Crippen molar-refractivity contribution in [2.75, 3.05) is 13.1 Å². The third-order valence-electron chi connectivity index (χ3n) is 2.63. The predicted octanol–water partition coefficient (Wildman–Crippen LogP) is 2.17. The summed E-state index contributed by atoms with van der Waals surface area (Å²) in [5.74, 6) is -0.110. The second kappa shape index (κ2) is 8.69. The maximum atomic E-state index is 11.7. The Labute approximate surface area is 127 Å². The first-order chi connectivity index (χ1) is 7.75. The van der Waals surface area contributed by atoms with E-state index in [0.717, 1.165) is 17.4 Å². The fraction of sp³-hybridized carbons (Fsp3) is 0.455. The first-order valence-corrected chi connectivity index (χ1v) is 6.18. The van der Waals surface area contributed by atoms with E-state index in [1.54, 1.807) is 12.3 Å². The van der Waals surface area contributed by atoms with Gasteiger partial charge in [0.2, 0.25) is 0 Å². The minimum absolute atomic E-state index is 0. The fourth-order valence-electron chi connectivity index (χ4n) is 1.75. The van der Waals surface area contributed by atoms with Gasteiger partial charge in [0.1, 0.15) is 5.69 Å².